The molecule has 0 N–H and O–H groups in total. The van der Waals surface area contributed by atoms with Crippen molar-refractivity contribution in [3.63, 3.8) is 0 Å². The van der Waals surface area contributed by atoms with Crippen molar-refractivity contribution in [1.82, 2.24) is 0 Å². The van der Waals surface area contributed by atoms with E-state index in [4.69, 9.17) is 4.74 Å². The molecule has 0 aliphatic carbocycles. The number of hydrogen-bond donors (Lipinski definition) is 0. The van der Waals surface area contributed by atoms with Crippen molar-refractivity contribution in [2.24, 2.45) is 10.9 Å². The number of nitrogens with zero attached hydrogens (tertiary/aromatic N) is 1. The first-order chi connectivity index (χ1) is 6.81. The van der Waals surface area contributed by atoms with Crippen molar-refractivity contribution in [2.45, 2.75) is 46.6 Å². The number of ether oxygens (including phenoxy) is 1. The van der Waals surface area contributed by atoms with E-state index in [1.165, 1.54) is 0 Å². The molecule has 0 aromatic rings. The molecule has 3 heteroatoms. The van der Waals surface area contributed by atoms with Gasteiger partial charge in [-0.05, 0) is 26.7 Å². The molecule has 0 aromatic carbocycles. The summed E-state index contributed by atoms with van der Waals surface area (Å²) in [6.07, 6.45) is 5.75. The first-order valence-corrected chi connectivity index (χ1v) is 5.23. The van der Waals surface area contributed by atoms with Crippen LogP contribution in [0.5, 0.6) is 0 Å². The fourth-order valence-electron chi connectivity index (χ4n) is 0.827. The maximum absolute atomic E-state index is 11.1. The molecular weight excluding hydrogens is 190 g/mol. The summed E-state index contributed by atoms with van der Waals surface area (Å²) in [5.74, 6) is 0.528. The van der Waals surface area contributed by atoms with E-state index >= 15 is 0 Å². The third-order valence-electron chi connectivity index (χ3n) is 1.35. The lowest BCUT2D eigenvalue weighted by Gasteiger charge is -2.16. The van der Waals surface area contributed by atoms with Gasteiger partial charge in [0.1, 0.15) is 5.60 Å². The molecule has 0 atom stereocenters. The topological polar surface area (TPSA) is 38.7 Å². The minimum atomic E-state index is -0.527. The van der Waals surface area contributed by atoms with Crippen LogP contribution >= 0.6 is 0 Å². The van der Waals surface area contributed by atoms with Crippen molar-refractivity contribution < 1.29 is 9.53 Å². The smallest absolute Gasteiger partial charge is 0.433 e. The van der Waals surface area contributed by atoms with Gasteiger partial charge in [0.2, 0.25) is 0 Å². The fourth-order valence-corrected chi connectivity index (χ4v) is 0.827. The SMILES string of the molecule is CC(C)C=CCC=NC(=O)OC(C)(C)C. The van der Waals surface area contributed by atoms with Crippen LogP contribution in [0.4, 0.5) is 4.79 Å². The Morgan fingerprint density at radius 1 is 1.40 bits per heavy atom. The molecular formula is C12H21NO2. The summed E-state index contributed by atoms with van der Waals surface area (Å²) in [6.45, 7) is 9.65. The number of carbonyl (C=O) groups excluding carboxylic acids is 1. The van der Waals surface area contributed by atoms with Crippen molar-refractivity contribution >= 4 is 12.3 Å². The average molecular weight is 211 g/mol. The number of rotatable bonds is 3. The van der Waals surface area contributed by atoms with E-state index in [9.17, 15) is 4.79 Å². The first kappa shape index (κ1) is 13.9. The lowest BCUT2D eigenvalue weighted by molar-refractivity contribution is 0.0605. The third-order valence-corrected chi connectivity index (χ3v) is 1.35. The molecule has 0 bridgehead atoms. The average Bonchev–Trinajstić information content (AvgIpc) is 1.99. The van der Waals surface area contributed by atoms with E-state index in [1.54, 1.807) is 6.21 Å². The molecule has 0 aliphatic rings. The molecule has 0 unspecified atom stereocenters. The Morgan fingerprint density at radius 3 is 2.47 bits per heavy atom. The number of hydrogen-bond acceptors (Lipinski definition) is 2. The highest BCUT2D eigenvalue weighted by molar-refractivity contribution is 5.79. The zero-order chi connectivity index (χ0) is 11.9. The van der Waals surface area contributed by atoms with Gasteiger partial charge in [-0.25, -0.2) is 4.79 Å². The van der Waals surface area contributed by atoms with Crippen molar-refractivity contribution in [3.05, 3.63) is 12.2 Å². The molecule has 0 radical (unpaired) electrons. The second-order valence-corrected chi connectivity index (χ2v) is 4.70. The number of carbonyl (C=O) groups is 1. The van der Waals surface area contributed by atoms with Gasteiger partial charge in [0, 0.05) is 12.6 Å². The molecule has 0 fully saturated rings. The molecule has 0 spiro atoms. The van der Waals surface area contributed by atoms with Crippen molar-refractivity contribution in [1.29, 1.82) is 0 Å². The van der Waals surface area contributed by atoms with E-state index in [1.807, 2.05) is 26.8 Å². The predicted molar refractivity (Wildman–Crippen MR) is 63.3 cm³/mol. The van der Waals surface area contributed by atoms with Gasteiger partial charge in [-0.2, -0.15) is 4.99 Å². The summed E-state index contributed by atoms with van der Waals surface area (Å²) in [5.41, 5.74) is -0.470. The van der Waals surface area contributed by atoms with Crippen LogP contribution in [-0.2, 0) is 4.74 Å². The van der Waals surface area contributed by atoms with E-state index in [-0.39, 0.29) is 0 Å². The maximum atomic E-state index is 11.1. The van der Waals surface area contributed by atoms with Crippen molar-refractivity contribution in [2.75, 3.05) is 0 Å². The monoisotopic (exact) mass is 211 g/mol. The molecule has 0 aliphatic heterocycles. The van der Waals surface area contributed by atoms with E-state index < -0.39 is 11.7 Å². The third kappa shape index (κ3) is 10.8. The van der Waals surface area contributed by atoms with E-state index in [2.05, 4.69) is 24.9 Å². The minimum Gasteiger partial charge on any atom is -0.442 e. The van der Waals surface area contributed by atoms with Crippen LogP contribution in [0.1, 0.15) is 41.0 Å². The van der Waals surface area contributed by atoms with Gasteiger partial charge in [0.25, 0.3) is 0 Å². The Kier molecular flexibility index (Phi) is 5.90. The zero-order valence-corrected chi connectivity index (χ0v) is 10.3. The number of aliphatic imine (C=N–C) groups is 1. The second kappa shape index (κ2) is 6.38. The largest absolute Gasteiger partial charge is 0.442 e. The second-order valence-electron chi connectivity index (χ2n) is 4.70. The van der Waals surface area contributed by atoms with E-state index in [0.29, 0.717) is 12.3 Å². The molecule has 0 aromatic heterocycles. The van der Waals surface area contributed by atoms with Crippen LogP contribution in [0.15, 0.2) is 17.1 Å². The summed E-state index contributed by atoms with van der Waals surface area (Å²) in [5, 5.41) is 0. The molecule has 0 saturated carbocycles. The van der Waals surface area contributed by atoms with Gasteiger partial charge in [-0.1, -0.05) is 26.0 Å². The molecule has 15 heavy (non-hydrogen) atoms. The lowest BCUT2D eigenvalue weighted by atomic mass is 10.2. The van der Waals surface area contributed by atoms with Crippen LogP contribution in [0.3, 0.4) is 0 Å². The van der Waals surface area contributed by atoms with Crippen LogP contribution < -0.4 is 0 Å². The summed E-state index contributed by atoms with van der Waals surface area (Å²) < 4.78 is 5.00. The highest BCUT2D eigenvalue weighted by atomic mass is 16.6. The number of allylic oxidation sites excluding steroid dienone is 2. The molecule has 0 saturated heterocycles. The van der Waals surface area contributed by atoms with Gasteiger partial charge in [0.15, 0.2) is 0 Å². The molecule has 3 nitrogen and oxygen atoms in total. The van der Waals surface area contributed by atoms with Crippen LogP contribution in [0, 0.1) is 5.92 Å². The summed E-state index contributed by atoms with van der Waals surface area (Å²) in [4.78, 5) is 14.8. The highest BCUT2D eigenvalue weighted by Crippen LogP contribution is 2.07. The maximum Gasteiger partial charge on any atom is 0.433 e. The quantitative estimate of drug-likeness (QED) is 0.528. The minimum absolute atomic E-state index is 0.470. The lowest BCUT2D eigenvalue weighted by Crippen LogP contribution is -2.21. The Hall–Kier alpha value is -1.12. The van der Waals surface area contributed by atoms with Crippen LogP contribution in [0.25, 0.3) is 0 Å². The molecule has 0 heterocycles. The first-order valence-electron chi connectivity index (χ1n) is 5.23. The van der Waals surface area contributed by atoms with Crippen LogP contribution in [0.2, 0.25) is 0 Å². The van der Waals surface area contributed by atoms with Gasteiger partial charge >= 0.3 is 6.09 Å². The Morgan fingerprint density at radius 2 is 2.00 bits per heavy atom. The Labute approximate surface area is 92.2 Å². The van der Waals surface area contributed by atoms with Gasteiger partial charge in [0.05, 0.1) is 0 Å². The Bertz CT molecular complexity index is 247. The fraction of sp³-hybridized carbons (Fsp3) is 0.667. The molecule has 86 valence electrons. The summed E-state index contributed by atoms with van der Waals surface area (Å²) in [7, 11) is 0. The highest BCUT2D eigenvalue weighted by Gasteiger charge is 2.14. The normalized spacial score (nSPS) is 12.9. The Balaban J connectivity index is 3.83. The predicted octanol–water partition coefficient (Wildman–Crippen LogP) is 3.59. The summed E-state index contributed by atoms with van der Waals surface area (Å²) in [6, 6.07) is 0. The number of amides is 1. The van der Waals surface area contributed by atoms with Crippen LogP contribution in [-0.4, -0.2) is 17.9 Å². The van der Waals surface area contributed by atoms with Gasteiger partial charge in [-0.3, -0.25) is 0 Å². The van der Waals surface area contributed by atoms with E-state index in [0.717, 1.165) is 0 Å². The zero-order valence-electron chi connectivity index (χ0n) is 10.3. The standard InChI is InChI=1S/C12H21NO2/c1-10(2)8-6-7-9-13-11(14)15-12(3,4)5/h6,8-10H,7H2,1-5H3. The summed E-state index contributed by atoms with van der Waals surface area (Å²) >= 11 is 0. The molecule has 1 amide bonds. The van der Waals surface area contributed by atoms with Gasteiger partial charge < -0.3 is 4.74 Å². The van der Waals surface area contributed by atoms with Crippen molar-refractivity contribution in [3.8, 4) is 0 Å². The molecule has 0 rings (SSSR count). The van der Waals surface area contributed by atoms with Gasteiger partial charge in [-0.15, -0.1) is 0 Å².